The third-order valence-corrected chi connectivity index (χ3v) is 8.06. The molecule has 2 unspecified atom stereocenters. The molecule has 0 radical (unpaired) electrons. The van der Waals surface area contributed by atoms with Gasteiger partial charge in [0.25, 0.3) is 0 Å². The fraction of sp³-hybridized carbons (Fsp3) is 0.750. The SMILES string of the molecule is C=CCCCCOC(=O)[C@@H]1[C@H]2C(=O)N(CCCO)C(C(=O)N(CC=C)CCCCC)C23CC[C@@]1(C)O3. The van der Waals surface area contributed by atoms with Crippen LogP contribution in [0, 0.1) is 11.8 Å². The van der Waals surface area contributed by atoms with E-state index in [9.17, 15) is 19.5 Å². The van der Waals surface area contributed by atoms with E-state index in [4.69, 9.17) is 9.47 Å². The lowest BCUT2D eigenvalue weighted by Crippen LogP contribution is -2.56. The summed E-state index contributed by atoms with van der Waals surface area (Å²) in [7, 11) is 0. The molecule has 0 aromatic heterocycles. The molecule has 8 nitrogen and oxygen atoms in total. The smallest absolute Gasteiger partial charge is 0.312 e. The summed E-state index contributed by atoms with van der Waals surface area (Å²) >= 11 is 0. The molecule has 0 aromatic rings. The number of ether oxygens (including phenoxy) is 2. The number of allylic oxidation sites excluding steroid dienone is 1. The molecule has 0 aliphatic carbocycles. The summed E-state index contributed by atoms with van der Waals surface area (Å²) in [5.74, 6) is -2.34. The van der Waals surface area contributed by atoms with Crippen molar-refractivity contribution in [2.24, 2.45) is 11.8 Å². The van der Waals surface area contributed by atoms with Gasteiger partial charge in [-0.25, -0.2) is 0 Å². The molecule has 3 aliphatic rings. The average Bonchev–Trinajstić information content (AvgIpc) is 3.42. The molecular weight excluding hydrogens is 460 g/mol. The fourth-order valence-electron chi connectivity index (χ4n) is 6.37. The predicted molar refractivity (Wildman–Crippen MR) is 137 cm³/mol. The average molecular weight is 505 g/mol. The van der Waals surface area contributed by atoms with Crippen LogP contribution in [0.25, 0.3) is 0 Å². The maximum absolute atomic E-state index is 14.0. The fourth-order valence-corrected chi connectivity index (χ4v) is 6.37. The predicted octanol–water partition coefficient (Wildman–Crippen LogP) is 3.24. The second-order valence-electron chi connectivity index (χ2n) is 10.6. The summed E-state index contributed by atoms with van der Waals surface area (Å²) in [4.78, 5) is 44.6. The van der Waals surface area contributed by atoms with Gasteiger partial charge in [-0.1, -0.05) is 31.9 Å². The number of esters is 1. The van der Waals surface area contributed by atoms with Gasteiger partial charge in [-0.05, 0) is 51.9 Å². The third-order valence-electron chi connectivity index (χ3n) is 8.06. The normalized spacial score (nSPS) is 30.4. The van der Waals surface area contributed by atoms with Gasteiger partial charge in [0, 0.05) is 26.2 Å². The van der Waals surface area contributed by atoms with Crippen molar-refractivity contribution in [2.75, 3.05) is 32.8 Å². The molecule has 202 valence electrons. The molecule has 3 saturated heterocycles. The van der Waals surface area contributed by atoms with E-state index in [2.05, 4.69) is 20.1 Å². The Morgan fingerprint density at radius 3 is 2.64 bits per heavy atom. The lowest BCUT2D eigenvalue weighted by molar-refractivity contribution is -0.160. The number of carbonyl (C=O) groups is 3. The molecule has 3 fully saturated rings. The number of hydrogen-bond acceptors (Lipinski definition) is 6. The molecule has 1 spiro atoms. The third kappa shape index (κ3) is 5.25. The number of hydrogen-bond donors (Lipinski definition) is 1. The first kappa shape index (κ1) is 28.4. The molecule has 2 bridgehead atoms. The van der Waals surface area contributed by atoms with Crippen LogP contribution in [0.3, 0.4) is 0 Å². The number of rotatable bonds is 16. The Bertz CT molecular complexity index is 831. The Kier molecular flexibility index (Phi) is 9.75. The Hall–Kier alpha value is -2.19. The molecule has 0 aromatic carbocycles. The lowest BCUT2D eigenvalue weighted by Gasteiger charge is -2.36. The zero-order valence-corrected chi connectivity index (χ0v) is 22.1. The highest BCUT2D eigenvalue weighted by Gasteiger charge is 2.78. The van der Waals surface area contributed by atoms with Crippen LogP contribution in [-0.2, 0) is 23.9 Å². The van der Waals surface area contributed by atoms with Gasteiger partial charge in [0.15, 0.2) is 0 Å². The minimum atomic E-state index is -1.06. The number of nitrogens with zero attached hydrogens (tertiary/aromatic N) is 2. The molecule has 1 N–H and O–H groups in total. The summed E-state index contributed by atoms with van der Waals surface area (Å²) in [6.45, 7) is 12.9. The number of aliphatic hydroxyl groups is 1. The second kappa shape index (κ2) is 12.4. The number of fused-ring (bicyclic) bond motifs is 1. The molecule has 3 heterocycles. The zero-order chi connectivity index (χ0) is 26.3. The Labute approximate surface area is 215 Å². The number of unbranched alkanes of at least 4 members (excludes halogenated alkanes) is 4. The zero-order valence-electron chi connectivity index (χ0n) is 22.1. The summed E-state index contributed by atoms with van der Waals surface area (Å²) in [6.07, 6.45) is 10.4. The monoisotopic (exact) mass is 504 g/mol. The standard InChI is InChI=1S/C28H44N2O6/c1-5-8-10-12-20-35-26(34)22-21-24(32)30(18-13-19-31)23(28(21)15-14-27(22,4)36-28)25(33)29(16-7-3)17-11-9-6-2/h5,7,21-23,31H,1,3,6,8-20H2,2,4H3/t21-,22-,23?,27+,28?/m0/s1. The number of carbonyl (C=O) groups excluding carboxylic acids is 3. The van der Waals surface area contributed by atoms with Gasteiger partial charge in [-0.3, -0.25) is 14.4 Å². The summed E-state index contributed by atoms with van der Waals surface area (Å²) < 4.78 is 12.2. The largest absolute Gasteiger partial charge is 0.465 e. The van der Waals surface area contributed by atoms with Crippen LogP contribution >= 0.6 is 0 Å². The van der Waals surface area contributed by atoms with Crippen LogP contribution in [0.4, 0.5) is 0 Å². The van der Waals surface area contributed by atoms with E-state index in [1.165, 1.54) is 0 Å². The van der Waals surface area contributed by atoms with Crippen LogP contribution in [0.2, 0.25) is 0 Å². The Morgan fingerprint density at radius 2 is 1.97 bits per heavy atom. The first-order chi connectivity index (χ1) is 17.3. The van der Waals surface area contributed by atoms with E-state index in [1.807, 2.05) is 13.0 Å². The van der Waals surface area contributed by atoms with Gasteiger partial charge >= 0.3 is 5.97 Å². The highest BCUT2D eigenvalue weighted by molar-refractivity contribution is 5.98. The Balaban J connectivity index is 1.89. The highest BCUT2D eigenvalue weighted by Crippen LogP contribution is 2.63. The van der Waals surface area contributed by atoms with Gasteiger partial charge in [0.2, 0.25) is 11.8 Å². The van der Waals surface area contributed by atoms with E-state index in [0.29, 0.717) is 32.4 Å². The quantitative estimate of drug-likeness (QED) is 0.197. The van der Waals surface area contributed by atoms with Gasteiger partial charge in [-0.15, -0.1) is 13.2 Å². The van der Waals surface area contributed by atoms with Gasteiger partial charge in [-0.2, -0.15) is 0 Å². The molecule has 8 heteroatoms. The summed E-state index contributed by atoms with van der Waals surface area (Å²) in [6, 6.07) is -0.824. The van der Waals surface area contributed by atoms with Gasteiger partial charge in [0.05, 0.1) is 18.1 Å². The van der Waals surface area contributed by atoms with Crippen molar-refractivity contribution >= 4 is 17.8 Å². The van der Waals surface area contributed by atoms with Crippen LogP contribution in [0.15, 0.2) is 25.3 Å². The maximum atomic E-state index is 14.0. The van der Waals surface area contributed by atoms with Gasteiger partial charge in [0.1, 0.15) is 17.6 Å². The lowest BCUT2D eigenvalue weighted by atomic mass is 9.66. The van der Waals surface area contributed by atoms with Crippen molar-refractivity contribution in [3.05, 3.63) is 25.3 Å². The summed E-state index contributed by atoms with van der Waals surface area (Å²) in [5.41, 5.74) is -1.90. The maximum Gasteiger partial charge on any atom is 0.312 e. The number of likely N-dealkylation sites (tertiary alicyclic amines) is 1. The van der Waals surface area contributed by atoms with E-state index in [0.717, 1.165) is 38.5 Å². The molecule has 0 saturated carbocycles. The molecule has 3 rings (SSSR count). The molecule has 36 heavy (non-hydrogen) atoms. The molecule has 3 aliphatic heterocycles. The van der Waals surface area contributed by atoms with Crippen molar-refractivity contribution < 1.29 is 29.0 Å². The Morgan fingerprint density at radius 1 is 1.19 bits per heavy atom. The van der Waals surface area contributed by atoms with Crippen LogP contribution < -0.4 is 0 Å². The second-order valence-corrected chi connectivity index (χ2v) is 10.6. The first-order valence-corrected chi connectivity index (χ1v) is 13.6. The van der Waals surface area contributed by atoms with Crippen LogP contribution in [0.1, 0.15) is 71.6 Å². The van der Waals surface area contributed by atoms with Gasteiger partial charge < -0.3 is 24.4 Å². The number of aliphatic hydroxyl groups excluding tert-OH is 1. The van der Waals surface area contributed by atoms with Crippen molar-refractivity contribution in [3.63, 3.8) is 0 Å². The van der Waals surface area contributed by atoms with E-state index in [-0.39, 0.29) is 31.6 Å². The van der Waals surface area contributed by atoms with Crippen LogP contribution in [0.5, 0.6) is 0 Å². The highest BCUT2D eigenvalue weighted by atomic mass is 16.6. The topological polar surface area (TPSA) is 96.4 Å². The van der Waals surface area contributed by atoms with Crippen molar-refractivity contribution in [3.8, 4) is 0 Å². The van der Waals surface area contributed by atoms with Crippen molar-refractivity contribution in [1.82, 2.24) is 9.80 Å². The van der Waals surface area contributed by atoms with E-state index >= 15 is 0 Å². The van der Waals surface area contributed by atoms with Crippen molar-refractivity contribution in [1.29, 1.82) is 0 Å². The summed E-state index contributed by atoms with van der Waals surface area (Å²) in [5, 5.41) is 9.49. The molecular formula is C28H44N2O6. The minimum Gasteiger partial charge on any atom is -0.465 e. The number of amides is 2. The van der Waals surface area contributed by atoms with Crippen molar-refractivity contribution in [2.45, 2.75) is 88.9 Å². The van der Waals surface area contributed by atoms with Crippen LogP contribution in [-0.4, -0.2) is 82.8 Å². The van der Waals surface area contributed by atoms with E-state index < -0.39 is 35.0 Å². The minimum absolute atomic E-state index is 0.0933. The first-order valence-electron chi connectivity index (χ1n) is 13.6. The van der Waals surface area contributed by atoms with E-state index in [1.54, 1.807) is 15.9 Å². The molecule has 5 atom stereocenters. The molecule has 2 amide bonds.